The molecule has 1 heterocycles. The van der Waals surface area contributed by atoms with E-state index in [1.54, 1.807) is 0 Å². The topological polar surface area (TPSA) is 29.3 Å². The number of rotatable bonds is 3. The predicted octanol–water partition coefficient (Wildman–Crippen LogP) is 2.77. The van der Waals surface area contributed by atoms with E-state index >= 15 is 0 Å². The Morgan fingerprint density at radius 1 is 1.25 bits per heavy atom. The largest absolute Gasteiger partial charge is 0.330 e. The molecule has 2 nitrogen and oxygen atoms in total. The quantitative estimate of drug-likeness (QED) is 0.798. The molecule has 2 unspecified atom stereocenters. The molecule has 0 bridgehead atoms. The molecule has 1 aliphatic heterocycles. The van der Waals surface area contributed by atoms with Gasteiger partial charge in [-0.05, 0) is 57.0 Å². The molecule has 0 aromatic rings. The Hall–Kier alpha value is -0.0800. The molecule has 0 radical (unpaired) electrons. The summed E-state index contributed by atoms with van der Waals surface area (Å²) >= 11 is 0. The lowest BCUT2D eigenvalue weighted by Gasteiger charge is -2.40. The summed E-state index contributed by atoms with van der Waals surface area (Å²) in [4.78, 5) is 2.80. The molecule has 2 fully saturated rings. The third-order valence-corrected chi connectivity index (χ3v) is 4.58. The summed E-state index contributed by atoms with van der Waals surface area (Å²) in [6.45, 7) is 7.03. The SMILES string of the molecule is CC1(C)CCC(N2CCCCC2CCN)C1. The Morgan fingerprint density at radius 2 is 2.06 bits per heavy atom. The molecule has 94 valence electrons. The summed E-state index contributed by atoms with van der Waals surface area (Å²) in [7, 11) is 0. The van der Waals surface area contributed by atoms with Crippen LogP contribution in [-0.4, -0.2) is 30.1 Å². The monoisotopic (exact) mass is 224 g/mol. The minimum atomic E-state index is 0.579. The molecule has 0 aromatic carbocycles. The van der Waals surface area contributed by atoms with Gasteiger partial charge in [-0.3, -0.25) is 4.90 Å². The van der Waals surface area contributed by atoms with Crippen LogP contribution in [0.25, 0.3) is 0 Å². The lowest BCUT2D eigenvalue weighted by Crippen LogP contribution is -2.46. The molecule has 2 heteroatoms. The Kier molecular flexibility index (Phi) is 3.91. The van der Waals surface area contributed by atoms with Crippen LogP contribution in [0.3, 0.4) is 0 Å². The molecule has 2 atom stereocenters. The molecule has 1 aliphatic carbocycles. The van der Waals surface area contributed by atoms with Gasteiger partial charge in [0.15, 0.2) is 0 Å². The van der Waals surface area contributed by atoms with E-state index in [2.05, 4.69) is 18.7 Å². The first-order valence-corrected chi connectivity index (χ1v) is 7.08. The average Bonchev–Trinajstić information content (AvgIpc) is 2.60. The van der Waals surface area contributed by atoms with Crippen LogP contribution in [0.1, 0.15) is 58.8 Å². The highest BCUT2D eigenvalue weighted by atomic mass is 15.2. The fourth-order valence-electron chi connectivity index (χ4n) is 3.69. The zero-order chi connectivity index (χ0) is 11.6. The number of piperidine rings is 1. The van der Waals surface area contributed by atoms with Crippen molar-refractivity contribution in [3.63, 3.8) is 0 Å². The van der Waals surface area contributed by atoms with Crippen LogP contribution in [0, 0.1) is 5.41 Å². The molecule has 0 aromatic heterocycles. The number of likely N-dealkylation sites (tertiary alicyclic amines) is 1. The summed E-state index contributed by atoms with van der Waals surface area (Å²) in [5.74, 6) is 0. The molecule has 0 amide bonds. The van der Waals surface area contributed by atoms with Gasteiger partial charge in [-0.25, -0.2) is 0 Å². The van der Waals surface area contributed by atoms with E-state index in [9.17, 15) is 0 Å². The van der Waals surface area contributed by atoms with Crippen LogP contribution in [0.2, 0.25) is 0 Å². The second-order valence-corrected chi connectivity index (χ2v) is 6.53. The van der Waals surface area contributed by atoms with Crippen LogP contribution in [-0.2, 0) is 0 Å². The van der Waals surface area contributed by atoms with Gasteiger partial charge < -0.3 is 5.73 Å². The maximum absolute atomic E-state index is 5.75. The molecule has 16 heavy (non-hydrogen) atoms. The zero-order valence-electron chi connectivity index (χ0n) is 11.0. The lowest BCUT2D eigenvalue weighted by molar-refractivity contribution is 0.0872. The third-order valence-electron chi connectivity index (χ3n) is 4.58. The summed E-state index contributed by atoms with van der Waals surface area (Å²) in [6.07, 6.45) is 9.62. The highest BCUT2D eigenvalue weighted by molar-refractivity contribution is 4.91. The number of nitrogens with zero attached hydrogens (tertiary/aromatic N) is 1. The van der Waals surface area contributed by atoms with Gasteiger partial charge >= 0.3 is 0 Å². The minimum absolute atomic E-state index is 0.579. The van der Waals surface area contributed by atoms with Crippen molar-refractivity contribution >= 4 is 0 Å². The number of nitrogens with two attached hydrogens (primary N) is 1. The van der Waals surface area contributed by atoms with E-state index in [0.29, 0.717) is 5.41 Å². The van der Waals surface area contributed by atoms with E-state index in [4.69, 9.17) is 5.73 Å². The standard InChI is InChI=1S/C14H28N2/c1-14(2)8-6-13(11-14)16-10-4-3-5-12(16)7-9-15/h12-13H,3-11,15H2,1-2H3. The smallest absolute Gasteiger partial charge is 0.0110 e. The molecule has 2 rings (SSSR count). The number of hydrogen-bond donors (Lipinski definition) is 1. The second kappa shape index (κ2) is 5.05. The van der Waals surface area contributed by atoms with Crippen LogP contribution in [0.4, 0.5) is 0 Å². The highest BCUT2D eigenvalue weighted by Gasteiger charge is 2.37. The zero-order valence-corrected chi connectivity index (χ0v) is 11.0. The van der Waals surface area contributed by atoms with Gasteiger partial charge in [0.05, 0.1) is 0 Å². The molecule has 1 saturated carbocycles. The van der Waals surface area contributed by atoms with Crippen LogP contribution >= 0.6 is 0 Å². The fraction of sp³-hybridized carbons (Fsp3) is 1.00. The molecule has 2 aliphatic rings. The van der Waals surface area contributed by atoms with Crippen molar-refractivity contribution < 1.29 is 0 Å². The van der Waals surface area contributed by atoms with E-state index in [-0.39, 0.29) is 0 Å². The lowest BCUT2D eigenvalue weighted by atomic mass is 9.90. The second-order valence-electron chi connectivity index (χ2n) is 6.53. The van der Waals surface area contributed by atoms with E-state index in [0.717, 1.165) is 18.6 Å². The van der Waals surface area contributed by atoms with E-state index in [1.165, 1.54) is 51.5 Å². The maximum Gasteiger partial charge on any atom is 0.0110 e. The van der Waals surface area contributed by atoms with Gasteiger partial charge in [0.2, 0.25) is 0 Å². The third kappa shape index (κ3) is 2.78. The Morgan fingerprint density at radius 3 is 2.69 bits per heavy atom. The van der Waals surface area contributed by atoms with Gasteiger partial charge in [-0.1, -0.05) is 20.3 Å². The van der Waals surface area contributed by atoms with Gasteiger partial charge in [0, 0.05) is 12.1 Å². The van der Waals surface area contributed by atoms with Crippen molar-refractivity contribution in [2.24, 2.45) is 11.1 Å². The van der Waals surface area contributed by atoms with Gasteiger partial charge in [0.25, 0.3) is 0 Å². The Bertz CT molecular complexity index is 223. The van der Waals surface area contributed by atoms with E-state index < -0.39 is 0 Å². The fourth-order valence-corrected chi connectivity index (χ4v) is 3.69. The van der Waals surface area contributed by atoms with Crippen molar-refractivity contribution in [2.45, 2.75) is 70.9 Å². The van der Waals surface area contributed by atoms with E-state index in [1.807, 2.05) is 0 Å². The molecule has 1 saturated heterocycles. The van der Waals surface area contributed by atoms with Gasteiger partial charge in [-0.2, -0.15) is 0 Å². The van der Waals surface area contributed by atoms with Crippen molar-refractivity contribution in [3.05, 3.63) is 0 Å². The Labute approximate surface area is 101 Å². The molecular weight excluding hydrogens is 196 g/mol. The summed E-state index contributed by atoms with van der Waals surface area (Å²) < 4.78 is 0. The highest BCUT2D eigenvalue weighted by Crippen LogP contribution is 2.41. The van der Waals surface area contributed by atoms with Crippen molar-refractivity contribution in [2.75, 3.05) is 13.1 Å². The van der Waals surface area contributed by atoms with Crippen LogP contribution in [0.15, 0.2) is 0 Å². The number of hydrogen-bond acceptors (Lipinski definition) is 2. The van der Waals surface area contributed by atoms with Gasteiger partial charge in [-0.15, -0.1) is 0 Å². The first kappa shape index (κ1) is 12.4. The van der Waals surface area contributed by atoms with Crippen LogP contribution in [0.5, 0.6) is 0 Å². The van der Waals surface area contributed by atoms with Crippen LogP contribution < -0.4 is 5.73 Å². The molecular formula is C14H28N2. The summed E-state index contributed by atoms with van der Waals surface area (Å²) in [5.41, 5.74) is 6.33. The predicted molar refractivity (Wildman–Crippen MR) is 69.4 cm³/mol. The molecule has 0 spiro atoms. The molecule has 2 N–H and O–H groups in total. The minimum Gasteiger partial charge on any atom is -0.330 e. The summed E-state index contributed by atoms with van der Waals surface area (Å²) in [6, 6.07) is 1.64. The van der Waals surface area contributed by atoms with Crippen molar-refractivity contribution in [1.29, 1.82) is 0 Å². The normalized spacial score (nSPS) is 35.4. The first-order valence-electron chi connectivity index (χ1n) is 7.08. The van der Waals surface area contributed by atoms with Crippen molar-refractivity contribution in [1.82, 2.24) is 4.90 Å². The van der Waals surface area contributed by atoms with Gasteiger partial charge in [0.1, 0.15) is 0 Å². The maximum atomic E-state index is 5.75. The van der Waals surface area contributed by atoms with Crippen molar-refractivity contribution in [3.8, 4) is 0 Å². The first-order chi connectivity index (χ1) is 7.62. The Balaban J connectivity index is 1.95. The average molecular weight is 224 g/mol. The summed E-state index contributed by atoms with van der Waals surface area (Å²) in [5, 5.41) is 0.